The highest BCUT2D eigenvalue weighted by Crippen LogP contribution is 2.29. The number of nitrogens with zero attached hydrogens (tertiary/aromatic N) is 1. The zero-order valence-corrected chi connectivity index (χ0v) is 12.2. The van der Waals surface area contributed by atoms with E-state index in [0.29, 0.717) is 12.1 Å². The number of carboxylic acids is 1. The van der Waals surface area contributed by atoms with Crippen LogP contribution in [0.2, 0.25) is 0 Å². The summed E-state index contributed by atoms with van der Waals surface area (Å²) in [5.41, 5.74) is -2.31. The minimum atomic E-state index is -4.56. The van der Waals surface area contributed by atoms with E-state index in [4.69, 9.17) is 5.11 Å². The van der Waals surface area contributed by atoms with Gasteiger partial charge in [0.25, 0.3) is 11.6 Å². The van der Waals surface area contributed by atoms with E-state index < -0.39 is 39.8 Å². The maximum Gasteiger partial charge on any atom is 0.416 e. The molecule has 2 aromatic rings. The summed E-state index contributed by atoms with van der Waals surface area (Å²) in [4.78, 5) is 33.2. The average Bonchev–Trinajstić information content (AvgIpc) is 2.53. The van der Waals surface area contributed by atoms with Gasteiger partial charge in [-0.15, -0.1) is 0 Å². The summed E-state index contributed by atoms with van der Waals surface area (Å²) >= 11 is 0. The third kappa shape index (κ3) is 4.10. The molecule has 0 aliphatic rings. The number of nitro groups is 1. The highest BCUT2D eigenvalue weighted by atomic mass is 19.4. The van der Waals surface area contributed by atoms with Crippen LogP contribution in [0.5, 0.6) is 0 Å². The summed E-state index contributed by atoms with van der Waals surface area (Å²) in [7, 11) is 0. The van der Waals surface area contributed by atoms with E-state index >= 15 is 0 Å². The molecule has 0 spiro atoms. The molecule has 130 valence electrons. The predicted octanol–water partition coefficient (Wildman–Crippen LogP) is 3.56. The Balaban J connectivity index is 2.32. The topological polar surface area (TPSA) is 110 Å². The molecule has 0 unspecified atom stereocenters. The average molecular weight is 354 g/mol. The van der Waals surface area contributed by atoms with E-state index in [-0.39, 0.29) is 11.3 Å². The fourth-order valence-electron chi connectivity index (χ4n) is 1.94. The second-order valence-electron chi connectivity index (χ2n) is 4.82. The van der Waals surface area contributed by atoms with E-state index in [1.54, 1.807) is 0 Å². The molecule has 10 heteroatoms. The van der Waals surface area contributed by atoms with Crippen LogP contribution >= 0.6 is 0 Å². The van der Waals surface area contributed by atoms with Crippen LogP contribution in [-0.4, -0.2) is 21.9 Å². The van der Waals surface area contributed by atoms with E-state index in [2.05, 4.69) is 5.32 Å². The number of rotatable bonds is 4. The Morgan fingerprint density at radius 3 is 2.16 bits per heavy atom. The molecule has 2 aromatic carbocycles. The predicted molar refractivity (Wildman–Crippen MR) is 79.5 cm³/mol. The molecule has 0 bridgehead atoms. The minimum Gasteiger partial charge on any atom is -0.478 e. The van der Waals surface area contributed by atoms with E-state index in [9.17, 15) is 32.9 Å². The molecule has 0 fully saturated rings. The quantitative estimate of drug-likeness (QED) is 0.644. The van der Waals surface area contributed by atoms with Gasteiger partial charge in [-0.05, 0) is 30.3 Å². The highest BCUT2D eigenvalue weighted by Gasteiger charge is 2.30. The lowest BCUT2D eigenvalue weighted by molar-refractivity contribution is -0.384. The molecule has 2 rings (SSSR count). The summed E-state index contributed by atoms with van der Waals surface area (Å²) in [6.45, 7) is 0. The molecule has 0 heterocycles. The number of carbonyl (C=O) groups is 2. The van der Waals surface area contributed by atoms with Gasteiger partial charge in [0.2, 0.25) is 0 Å². The van der Waals surface area contributed by atoms with Crippen molar-refractivity contribution in [2.75, 3.05) is 5.32 Å². The van der Waals surface area contributed by atoms with Crippen molar-refractivity contribution in [1.29, 1.82) is 0 Å². The first-order valence-electron chi connectivity index (χ1n) is 6.60. The monoisotopic (exact) mass is 354 g/mol. The lowest BCUT2D eigenvalue weighted by atomic mass is 10.1. The largest absolute Gasteiger partial charge is 0.478 e. The van der Waals surface area contributed by atoms with E-state index in [0.717, 1.165) is 30.3 Å². The molecular weight excluding hydrogens is 345 g/mol. The first-order chi connectivity index (χ1) is 11.6. The lowest BCUT2D eigenvalue weighted by Gasteiger charge is -2.10. The molecule has 0 atom stereocenters. The molecule has 0 radical (unpaired) electrons. The van der Waals surface area contributed by atoms with Gasteiger partial charge in [0.15, 0.2) is 0 Å². The van der Waals surface area contributed by atoms with Crippen LogP contribution in [0.25, 0.3) is 0 Å². The van der Waals surface area contributed by atoms with Crippen LogP contribution in [0.1, 0.15) is 26.3 Å². The number of alkyl halides is 3. The number of benzene rings is 2. The third-order valence-electron chi connectivity index (χ3n) is 3.17. The first kappa shape index (κ1) is 17.9. The van der Waals surface area contributed by atoms with Crippen LogP contribution in [0, 0.1) is 10.1 Å². The van der Waals surface area contributed by atoms with Gasteiger partial charge in [0.1, 0.15) is 0 Å². The second-order valence-corrected chi connectivity index (χ2v) is 4.82. The van der Waals surface area contributed by atoms with E-state index in [1.165, 1.54) is 0 Å². The lowest BCUT2D eigenvalue weighted by Crippen LogP contribution is -2.15. The van der Waals surface area contributed by atoms with Crippen LogP contribution in [0.15, 0.2) is 42.5 Å². The number of amides is 1. The Labute approximate surface area is 137 Å². The molecule has 7 nitrogen and oxygen atoms in total. The van der Waals surface area contributed by atoms with Crippen molar-refractivity contribution < 1.29 is 32.8 Å². The molecule has 0 aliphatic carbocycles. The number of hydrogen-bond acceptors (Lipinski definition) is 4. The van der Waals surface area contributed by atoms with Gasteiger partial charge in [-0.1, -0.05) is 0 Å². The third-order valence-corrected chi connectivity index (χ3v) is 3.17. The van der Waals surface area contributed by atoms with Crippen molar-refractivity contribution in [3.05, 3.63) is 69.3 Å². The summed E-state index contributed by atoms with van der Waals surface area (Å²) in [5, 5.41) is 22.0. The van der Waals surface area contributed by atoms with Gasteiger partial charge in [0.05, 0.1) is 21.7 Å². The Morgan fingerprint density at radius 1 is 1.08 bits per heavy atom. The number of non-ortho nitro benzene ring substituents is 1. The normalized spacial score (nSPS) is 11.0. The molecule has 0 aromatic heterocycles. The smallest absolute Gasteiger partial charge is 0.416 e. The van der Waals surface area contributed by atoms with Crippen molar-refractivity contribution in [1.82, 2.24) is 0 Å². The minimum absolute atomic E-state index is 0.171. The van der Waals surface area contributed by atoms with Gasteiger partial charge in [0, 0.05) is 17.7 Å². The summed E-state index contributed by atoms with van der Waals surface area (Å²) in [5.74, 6) is -2.34. The van der Waals surface area contributed by atoms with E-state index in [1.807, 2.05) is 0 Å². The molecule has 0 saturated heterocycles. The zero-order valence-electron chi connectivity index (χ0n) is 12.2. The summed E-state index contributed by atoms with van der Waals surface area (Å²) in [6, 6.07) is 5.97. The maximum absolute atomic E-state index is 12.5. The van der Waals surface area contributed by atoms with Crippen molar-refractivity contribution in [3.8, 4) is 0 Å². The second kappa shape index (κ2) is 6.59. The van der Waals surface area contributed by atoms with Gasteiger partial charge in [-0.25, -0.2) is 4.79 Å². The fraction of sp³-hybridized carbons (Fsp3) is 0.0667. The van der Waals surface area contributed by atoms with Crippen LogP contribution in [-0.2, 0) is 6.18 Å². The van der Waals surface area contributed by atoms with Crippen molar-refractivity contribution in [3.63, 3.8) is 0 Å². The van der Waals surface area contributed by atoms with Crippen LogP contribution < -0.4 is 5.32 Å². The van der Waals surface area contributed by atoms with Crippen molar-refractivity contribution >= 4 is 23.3 Å². The van der Waals surface area contributed by atoms with Gasteiger partial charge < -0.3 is 10.4 Å². The Hall–Kier alpha value is -3.43. The number of hydrogen-bond donors (Lipinski definition) is 2. The molecule has 25 heavy (non-hydrogen) atoms. The van der Waals surface area contributed by atoms with Gasteiger partial charge >= 0.3 is 12.1 Å². The number of carboxylic acid groups (broad SMARTS) is 1. The molecule has 0 aliphatic heterocycles. The Kier molecular flexibility index (Phi) is 4.72. The molecule has 0 saturated carbocycles. The Morgan fingerprint density at radius 2 is 1.68 bits per heavy atom. The van der Waals surface area contributed by atoms with Crippen LogP contribution in [0.3, 0.4) is 0 Å². The van der Waals surface area contributed by atoms with Crippen LogP contribution in [0.4, 0.5) is 24.5 Å². The number of nitrogens with one attached hydrogen (secondary N) is 1. The summed E-state index contributed by atoms with van der Waals surface area (Å²) in [6.07, 6.45) is -4.56. The van der Waals surface area contributed by atoms with Gasteiger partial charge in [-0.2, -0.15) is 13.2 Å². The zero-order chi connectivity index (χ0) is 18.8. The summed E-state index contributed by atoms with van der Waals surface area (Å²) < 4.78 is 37.5. The number of nitro benzene ring substituents is 1. The maximum atomic E-state index is 12.5. The standard InChI is InChI=1S/C15H9F3N2O5/c16-15(17,18)9-3-1-8(2-4-9)13(21)19-12-7-10(20(24)25)5-6-11(12)14(22)23/h1-7H,(H,19,21)(H,22,23). The number of carbonyl (C=O) groups excluding carboxylic acids is 1. The number of aromatic carboxylic acids is 1. The molecule has 1 amide bonds. The Bertz CT molecular complexity index is 847. The molecular formula is C15H9F3N2O5. The number of anilines is 1. The SMILES string of the molecule is O=C(Nc1cc([N+](=O)[O-])ccc1C(=O)O)c1ccc(C(F)(F)F)cc1. The first-order valence-corrected chi connectivity index (χ1v) is 6.60. The highest BCUT2D eigenvalue weighted by molar-refractivity contribution is 6.08. The van der Waals surface area contributed by atoms with Crippen molar-refractivity contribution in [2.45, 2.75) is 6.18 Å². The van der Waals surface area contributed by atoms with Crippen molar-refractivity contribution in [2.24, 2.45) is 0 Å². The molecule has 2 N–H and O–H groups in total. The number of halogens is 3. The fourth-order valence-corrected chi connectivity index (χ4v) is 1.94. The van der Waals surface area contributed by atoms with Gasteiger partial charge in [-0.3, -0.25) is 14.9 Å².